The minimum Gasteiger partial charge on any atom is -0.355 e. The van der Waals surface area contributed by atoms with Crippen molar-refractivity contribution in [1.29, 1.82) is 0 Å². The van der Waals surface area contributed by atoms with E-state index in [-0.39, 0.29) is 10.8 Å². The molecule has 0 saturated heterocycles. The first kappa shape index (κ1) is 16.6. The van der Waals surface area contributed by atoms with Crippen LogP contribution in [0.15, 0.2) is 29.2 Å². The average Bonchev–Trinajstić information content (AvgIpc) is 2.46. The molecule has 0 aliphatic carbocycles. The van der Waals surface area contributed by atoms with Crippen molar-refractivity contribution < 1.29 is 13.2 Å². The Morgan fingerprint density at radius 3 is 2.30 bits per heavy atom. The van der Waals surface area contributed by atoms with Gasteiger partial charge in [0.2, 0.25) is 10.0 Å². The highest BCUT2D eigenvalue weighted by Gasteiger charge is 2.20. The quantitative estimate of drug-likeness (QED) is 0.709. The molecule has 0 saturated carbocycles. The van der Waals surface area contributed by atoms with Crippen LogP contribution in [0, 0.1) is 0 Å². The summed E-state index contributed by atoms with van der Waals surface area (Å²) in [4.78, 5) is 11.6. The van der Waals surface area contributed by atoms with E-state index in [0.29, 0.717) is 12.1 Å². The first-order valence-electron chi connectivity index (χ1n) is 6.36. The Balaban J connectivity index is 2.84. The SMILES string of the molecule is CNCCCN(C)S(=O)(=O)c1ccc(C(=O)NC)cc1. The summed E-state index contributed by atoms with van der Waals surface area (Å²) in [6.45, 7) is 1.20. The standard InChI is InChI=1S/C13H21N3O3S/c1-14-9-4-10-16(3)20(18,19)12-7-5-11(6-8-12)13(17)15-2/h5-8,14H,4,9-10H2,1-3H3,(H,15,17). The molecule has 112 valence electrons. The topological polar surface area (TPSA) is 78.5 Å². The summed E-state index contributed by atoms with van der Waals surface area (Å²) in [7, 11) is 1.41. The van der Waals surface area contributed by atoms with Crippen molar-refractivity contribution >= 4 is 15.9 Å². The molecule has 0 heterocycles. The van der Waals surface area contributed by atoms with Gasteiger partial charge in [-0.1, -0.05) is 0 Å². The third kappa shape index (κ3) is 4.03. The third-order valence-corrected chi connectivity index (χ3v) is 4.82. The van der Waals surface area contributed by atoms with Crippen molar-refractivity contribution in [3.05, 3.63) is 29.8 Å². The van der Waals surface area contributed by atoms with Gasteiger partial charge in [0.1, 0.15) is 0 Å². The molecule has 0 fully saturated rings. The van der Waals surface area contributed by atoms with Crippen LogP contribution in [0.2, 0.25) is 0 Å². The molecule has 0 aromatic heterocycles. The van der Waals surface area contributed by atoms with E-state index in [1.165, 1.54) is 35.6 Å². The van der Waals surface area contributed by atoms with Gasteiger partial charge in [0.05, 0.1) is 4.90 Å². The van der Waals surface area contributed by atoms with Gasteiger partial charge < -0.3 is 10.6 Å². The van der Waals surface area contributed by atoms with E-state index in [0.717, 1.165) is 13.0 Å². The molecule has 0 aliphatic heterocycles. The van der Waals surface area contributed by atoms with Crippen LogP contribution in [-0.2, 0) is 10.0 Å². The van der Waals surface area contributed by atoms with Gasteiger partial charge in [-0.25, -0.2) is 12.7 Å². The maximum Gasteiger partial charge on any atom is 0.251 e. The van der Waals surface area contributed by atoms with E-state index in [1.54, 1.807) is 7.05 Å². The molecular formula is C13H21N3O3S. The summed E-state index contributed by atoms with van der Waals surface area (Å²) in [5.74, 6) is -0.240. The normalized spacial score (nSPS) is 11.6. The van der Waals surface area contributed by atoms with E-state index < -0.39 is 10.0 Å². The number of hydrogen-bond donors (Lipinski definition) is 2. The fraction of sp³-hybridized carbons (Fsp3) is 0.462. The molecule has 1 aromatic carbocycles. The highest BCUT2D eigenvalue weighted by atomic mass is 32.2. The molecule has 6 nitrogen and oxygen atoms in total. The average molecular weight is 299 g/mol. The zero-order valence-corrected chi connectivity index (χ0v) is 12.8. The molecule has 0 unspecified atom stereocenters. The van der Waals surface area contributed by atoms with Crippen molar-refractivity contribution in [3.63, 3.8) is 0 Å². The fourth-order valence-corrected chi connectivity index (χ4v) is 2.91. The maximum atomic E-state index is 12.3. The second-order valence-corrected chi connectivity index (χ2v) is 6.43. The minimum absolute atomic E-state index is 0.192. The number of carbonyl (C=O) groups excluding carboxylic acids is 1. The number of amides is 1. The smallest absolute Gasteiger partial charge is 0.251 e. The van der Waals surface area contributed by atoms with Crippen LogP contribution in [0.1, 0.15) is 16.8 Å². The van der Waals surface area contributed by atoms with Crippen LogP contribution in [0.4, 0.5) is 0 Å². The number of rotatable bonds is 7. The summed E-state index contributed by atoms with van der Waals surface area (Å²) in [6.07, 6.45) is 0.739. The monoisotopic (exact) mass is 299 g/mol. The maximum absolute atomic E-state index is 12.3. The Morgan fingerprint density at radius 2 is 1.80 bits per heavy atom. The molecule has 0 aliphatic rings. The molecule has 1 rings (SSSR count). The van der Waals surface area contributed by atoms with Crippen molar-refractivity contribution in [2.45, 2.75) is 11.3 Å². The van der Waals surface area contributed by atoms with Gasteiger partial charge >= 0.3 is 0 Å². The highest BCUT2D eigenvalue weighted by Crippen LogP contribution is 2.15. The van der Waals surface area contributed by atoms with E-state index in [4.69, 9.17) is 0 Å². The molecule has 0 bridgehead atoms. The Kier molecular flexibility index (Phi) is 6.12. The van der Waals surface area contributed by atoms with E-state index >= 15 is 0 Å². The van der Waals surface area contributed by atoms with Crippen LogP contribution in [0.5, 0.6) is 0 Å². The van der Waals surface area contributed by atoms with Gasteiger partial charge in [-0.2, -0.15) is 0 Å². The first-order valence-corrected chi connectivity index (χ1v) is 7.80. The first-order chi connectivity index (χ1) is 9.43. The molecule has 0 radical (unpaired) electrons. The zero-order chi connectivity index (χ0) is 15.2. The lowest BCUT2D eigenvalue weighted by molar-refractivity contribution is 0.0963. The van der Waals surface area contributed by atoms with Crippen molar-refractivity contribution in [3.8, 4) is 0 Å². The van der Waals surface area contributed by atoms with Gasteiger partial charge in [-0.05, 0) is 44.3 Å². The highest BCUT2D eigenvalue weighted by molar-refractivity contribution is 7.89. The van der Waals surface area contributed by atoms with Gasteiger partial charge in [-0.15, -0.1) is 0 Å². The van der Waals surface area contributed by atoms with Crippen molar-refractivity contribution in [2.75, 3.05) is 34.2 Å². The molecule has 0 spiro atoms. The number of nitrogens with zero attached hydrogens (tertiary/aromatic N) is 1. The van der Waals surface area contributed by atoms with Crippen LogP contribution < -0.4 is 10.6 Å². The van der Waals surface area contributed by atoms with Gasteiger partial charge in [0.25, 0.3) is 5.91 Å². The molecule has 7 heteroatoms. The lowest BCUT2D eigenvalue weighted by Gasteiger charge is -2.17. The predicted molar refractivity (Wildman–Crippen MR) is 78.2 cm³/mol. The van der Waals surface area contributed by atoms with Gasteiger partial charge in [0, 0.05) is 26.2 Å². The number of hydrogen-bond acceptors (Lipinski definition) is 4. The van der Waals surface area contributed by atoms with Gasteiger partial charge in [-0.3, -0.25) is 4.79 Å². The Morgan fingerprint density at radius 1 is 1.20 bits per heavy atom. The largest absolute Gasteiger partial charge is 0.355 e. The molecular weight excluding hydrogens is 278 g/mol. The van der Waals surface area contributed by atoms with Crippen molar-refractivity contribution in [2.24, 2.45) is 0 Å². The lowest BCUT2D eigenvalue weighted by Crippen LogP contribution is -2.29. The van der Waals surface area contributed by atoms with Crippen LogP contribution in [-0.4, -0.2) is 52.9 Å². The summed E-state index contributed by atoms with van der Waals surface area (Å²) < 4.78 is 25.9. The molecule has 20 heavy (non-hydrogen) atoms. The van der Waals surface area contributed by atoms with Gasteiger partial charge in [0.15, 0.2) is 0 Å². The van der Waals surface area contributed by atoms with E-state index in [2.05, 4.69) is 10.6 Å². The second kappa shape index (κ2) is 7.37. The van der Waals surface area contributed by atoms with Crippen LogP contribution in [0.3, 0.4) is 0 Å². The molecule has 2 N–H and O–H groups in total. The molecule has 1 aromatic rings. The van der Waals surface area contributed by atoms with E-state index in [9.17, 15) is 13.2 Å². The summed E-state index contributed by atoms with van der Waals surface area (Å²) in [6, 6.07) is 5.92. The fourth-order valence-electron chi connectivity index (χ4n) is 1.70. The Labute approximate surface area is 120 Å². The number of nitrogens with one attached hydrogen (secondary N) is 2. The molecule has 0 atom stereocenters. The summed E-state index contributed by atoms with van der Waals surface area (Å²) >= 11 is 0. The van der Waals surface area contributed by atoms with Crippen LogP contribution in [0.25, 0.3) is 0 Å². The van der Waals surface area contributed by atoms with Crippen molar-refractivity contribution in [1.82, 2.24) is 14.9 Å². The minimum atomic E-state index is -3.49. The predicted octanol–water partition coefficient (Wildman–Crippen LogP) is 0.276. The number of carbonyl (C=O) groups is 1. The Bertz CT molecular complexity index is 540. The lowest BCUT2D eigenvalue weighted by atomic mass is 10.2. The van der Waals surface area contributed by atoms with E-state index in [1.807, 2.05) is 7.05 Å². The summed E-state index contributed by atoms with van der Waals surface area (Å²) in [5, 5.41) is 5.47. The number of sulfonamides is 1. The summed E-state index contributed by atoms with van der Waals surface area (Å²) in [5.41, 5.74) is 0.435. The third-order valence-electron chi connectivity index (χ3n) is 2.95. The second-order valence-electron chi connectivity index (χ2n) is 4.39. The molecule has 1 amide bonds. The zero-order valence-electron chi connectivity index (χ0n) is 12.0. The number of benzene rings is 1. The van der Waals surface area contributed by atoms with Crippen LogP contribution >= 0.6 is 0 Å². The Hall–Kier alpha value is -1.44.